The van der Waals surface area contributed by atoms with E-state index in [-0.39, 0.29) is 30.0 Å². The van der Waals surface area contributed by atoms with Gasteiger partial charge in [0.2, 0.25) is 0 Å². The van der Waals surface area contributed by atoms with Crippen molar-refractivity contribution < 1.29 is 14.7 Å². The first-order valence-electron chi connectivity index (χ1n) is 7.59. The van der Waals surface area contributed by atoms with Crippen LogP contribution in [0.25, 0.3) is 0 Å². The molecule has 3 heteroatoms. The monoisotopic (exact) mass is 290 g/mol. The third kappa shape index (κ3) is 5.43. The number of rotatable bonds is 8. The Morgan fingerprint density at radius 1 is 0.952 bits per heavy atom. The van der Waals surface area contributed by atoms with E-state index in [0.717, 1.165) is 11.1 Å². The highest BCUT2D eigenvalue weighted by Crippen LogP contribution is 2.18. The molecule has 0 spiro atoms. The summed E-state index contributed by atoms with van der Waals surface area (Å²) < 4.78 is 0. The van der Waals surface area contributed by atoms with Gasteiger partial charge in [0.15, 0.2) is 0 Å². The zero-order valence-corrected chi connectivity index (χ0v) is 13.4. The van der Waals surface area contributed by atoms with E-state index in [1.807, 2.05) is 52.0 Å². The number of carbonyl (C=O) groups is 2. The summed E-state index contributed by atoms with van der Waals surface area (Å²) in [6, 6.07) is 7.35. The lowest BCUT2D eigenvalue weighted by atomic mass is 9.86. The second-order valence-electron chi connectivity index (χ2n) is 6.22. The lowest BCUT2D eigenvalue weighted by Gasteiger charge is -2.17. The average molecular weight is 290 g/mol. The van der Waals surface area contributed by atoms with Gasteiger partial charge in [0.25, 0.3) is 0 Å². The Morgan fingerprint density at radius 2 is 1.48 bits per heavy atom. The molecule has 21 heavy (non-hydrogen) atoms. The number of hydrogen-bond acceptors (Lipinski definition) is 3. The van der Waals surface area contributed by atoms with Gasteiger partial charge in [-0.05, 0) is 17.0 Å². The Balaban J connectivity index is 2.56. The summed E-state index contributed by atoms with van der Waals surface area (Å²) in [5.41, 5.74) is 1.76. The molecule has 1 N–H and O–H groups in total. The summed E-state index contributed by atoms with van der Waals surface area (Å²) in [4.78, 5) is 24.2. The molecule has 0 radical (unpaired) electrons. The van der Waals surface area contributed by atoms with E-state index in [4.69, 9.17) is 5.11 Å². The first-order valence-corrected chi connectivity index (χ1v) is 7.59. The molecular formula is C18H26O3. The van der Waals surface area contributed by atoms with Crippen molar-refractivity contribution >= 4 is 11.6 Å². The second kappa shape index (κ2) is 8.08. The molecule has 1 rings (SSSR count). The highest BCUT2D eigenvalue weighted by molar-refractivity contribution is 5.89. The summed E-state index contributed by atoms with van der Waals surface area (Å²) >= 11 is 0. The average Bonchev–Trinajstić information content (AvgIpc) is 2.46. The number of Topliss-reactive ketones (excluding diaryl/α,β-unsaturated/α-hetero) is 2. The molecule has 0 unspecified atom stereocenters. The first kappa shape index (κ1) is 17.6. The molecule has 0 fully saturated rings. The lowest BCUT2D eigenvalue weighted by Crippen LogP contribution is -2.23. The molecule has 3 nitrogen and oxygen atoms in total. The van der Waals surface area contributed by atoms with Crippen molar-refractivity contribution in [2.24, 2.45) is 17.8 Å². The minimum atomic E-state index is -0.240. The Bertz CT molecular complexity index is 474. The van der Waals surface area contributed by atoms with Crippen LogP contribution in [0.2, 0.25) is 0 Å². The predicted molar refractivity (Wildman–Crippen MR) is 83.9 cm³/mol. The number of aliphatic hydroxyl groups excluding tert-OH is 1. The van der Waals surface area contributed by atoms with Crippen LogP contribution in [0.15, 0.2) is 24.3 Å². The van der Waals surface area contributed by atoms with E-state index < -0.39 is 0 Å². The van der Waals surface area contributed by atoms with Crippen LogP contribution in [0.3, 0.4) is 0 Å². The molecule has 0 aromatic heterocycles. The zero-order valence-electron chi connectivity index (χ0n) is 13.4. The number of benzene rings is 1. The van der Waals surface area contributed by atoms with Crippen molar-refractivity contribution in [1.29, 1.82) is 0 Å². The SMILES string of the molecule is CC(C)[C@@H](C)C(=O)C[C@@H](C)C(=O)Cc1ccc(CO)cc1. The number of ketones is 2. The van der Waals surface area contributed by atoms with Gasteiger partial charge in [-0.2, -0.15) is 0 Å². The van der Waals surface area contributed by atoms with Crippen molar-refractivity contribution in [3.8, 4) is 0 Å². The predicted octanol–water partition coefficient (Wildman–Crippen LogP) is 3.18. The van der Waals surface area contributed by atoms with Crippen LogP contribution in [0.4, 0.5) is 0 Å². The molecular weight excluding hydrogens is 264 g/mol. The van der Waals surface area contributed by atoms with Crippen LogP contribution in [0.5, 0.6) is 0 Å². The molecule has 0 heterocycles. The Hall–Kier alpha value is -1.48. The normalized spacial score (nSPS) is 14.0. The fraction of sp³-hybridized carbons (Fsp3) is 0.556. The number of aliphatic hydroxyl groups is 1. The van der Waals surface area contributed by atoms with E-state index in [2.05, 4.69) is 0 Å². The van der Waals surface area contributed by atoms with Crippen LogP contribution >= 0.6 is 0 Å². The van der Waals surface area contributed by atoms with Crippen molar-refractivity contribution in [2.45, 2.75) is 47.1 Å². The minimum Gasteiger partial charge on any atom is -0.392 e. The molecule has 0 aliphatic rings. The third-order valence-electron chi connectivity index (χ3n) is 4.15. The first-order chi connectivity index (χ1) is 9.85. The van der Waals surface area contributed by atoms with E-state index in [1.54, 1.807) is 0 Å². The van der Waals surface area contributed by atoms with Crippen molar-refractivity contribution in [3.63, 3.8) is 0 Å². The van der Waals surface area contributed by atoms with Crippen LogP contribution in [-0.4, -0.2) is 16.7 Å². The summed E-state index contributed by atoms with van der Waals surface area (Å²) in [6.45, 7) is 7.81. The molecule has 2 atom stereocenters. The van der Waals surface area contributed by atoms with Crippen LogP contribution in [-0.2, 0) is 22.6 Å². The van der Waals surface area contributed by atoms with Crippen LogP contribution in [0.1, 0.15) is 45.2 Å². The highest BCUT2D eigenvalue weighted by atomic mass is 16.3. The van der Waals surface area contributed by atoms with Gasteiger partial charge in [-0.15, -0.1) is 0 Å². The fourth-order valence-electron chi connectivity index (χ4n) is 2.11. The summed E-state index contributed by atoms with van der Waals surface area (Å²) in [5.74, 6) is 0.337. The Kier molecular flexibility index (Phi) is 6.76. The van der Waals surface area contributed by atoms with Gasteiger partial charge in [-0.25, -0.2) is 0 Å². The maximum absolute atomic E-state index is 12.2. The van der Waals surface area contributed by atoms with Gasteiger partial charge < -0.3 is 5.11 Å². The molecule has 0 saturated heterocycles. The molecule has 116 valence electrons. The van der Waals surface area contributed by atoms with E-state index in [0.29, 0.717) is 18.8 Å². The largest absolute Gasteiger partial charge is 0.392 e. The number of hydrogen-bond donors (Lipinski definition) is 1. The molecule has 1 aromatic rings. The standard InChI is InChI=1S/C18H26O3/c1-12(2)14(4)18(21)9-13(3)17(20)10-15-5-7-16(11-19)8-6-15/h5-8,12-14,19H,9-11H2,1-4H3/t13-,14-/m1/s1. The van der Waals surface area contributed by atoms with Crippen LogP contribution < -0.4 is 0 Å². The summed E-state index contributed by atoms with van der Waals surface area (Å²) in [7, 11) is 0. The number of carbonyl (C=O) groups excluding carboxylic acids is 2. The fourth-order valence-corrected chi connectivity index (χ4v) is 2.11. The maximum Gasteiger partial charge on any atom is 0.140 e. The van der Waals surface area contributed by atoms with Crippen molar-refractivity contribution in [2.75, 3.05) is 0 Å². The van der Waals surface area contributed by atoms with E-state index in [1.165, 1.54) is 0 Å². The molecule has 0 amide bonds. The lowest BCUT2D eigenvalue weighted by molar-refractivity contribution is -0.129. The molecule has 0 bridgehead atoms. The molecule has 0 aliphatic heterocycles. The molecule has 0 aliphatic carbocycles. The van der Waals surface area contributed by atoms with Gasteiger partial charge in [0.05, 0.1) is 6.61 Å². The quantitative estimate of drug-likeness (QED) is 0.800. The minimum absolute atomic E-state index is 0.00378. The molecule has 0 saturated carbocycles. The summed E-state index contributed by atoms with van der Waals surface area (Å²) in [6.07, 6.45) is 0.670. The highest BCUT2D eigenvalue weighted by Gasteiger charge is 2.22. The van der Waals surface area contributed by atoms with Crippen molar-refractivity contribution in [3.05, 3.63) is 35.4 Å². The van der Waals surface area contributed by atoms with Gasteiger partial charge in [-0.3, -0.25) is 9.59 Å². The van der Waals surface area contributed by atoms with Gasteiger partial charge >= 0.3 is 0 Å². The van der Waals surface area contributed by atoms with E-state index in [9.17, 15) is 9.59 Å². The molecule has 1 aromatic carbocycles. The van der Waals surface area contributed by atoms with E-state index >= 15 is 0 Å². The second-order valence-corrected chi connectivity index (χ2v) is 6.22. The third-order valence-corrected chi connectivity index (χ3v) is 4.15. The van der Waals surface area contributed by atoms with Gasteiger partial charge in [-0.1, -0.05) is 52.0 Å². The smallest absolute Gasteiger partial charge is 0.140 e. The van der Waals surface area contributed by atoms with Crippen LogP contribution in [0, 0.1) is 17.8 Å². The Labute approximate surface area is 127 Å². The zero-order chi connectivity index (χ0) is 16.0. The Morgan fingerprint density at radius 3 is 1.95 bits per heavy atom. The van der Waals surface area contributed by atoms with Gasteiger partial charge in [0, 0.05) is 24.7 Å². The van der Waals surface area contributed by atoms with Crippen molar-refractivity contribution in [1.82, 2.24) is 0 Å². The van der Waals surface area contributed by atoms with Gasteiger partial charge in [0.1, 0.15) is 11.6 Å². The summed E-state index contributed by atoms with van der Waals surface area (Å²) in [5, 5.41) is 8.99. The topological polar surface area (TPSA) is 54.4 Å². The maximum atomic E-state index is 12.2.